The minimum atomic E-state index is 0.637. The van der Waals surface area contributed by atoms with Crippen LogP contribution in [0.2, 0.25) is 5.02 Å². The molecule has 0 aliphatic carbocycles. The van der Waals surface area contributed by atoms with Gasteiger partial charge in [-0.3, -0.25) is 4.68 Å². The average Bonchev–Trinajstić information content (AvgIpc) is 2.78. The molecule has 4 nitrogen and oxygen atoms in total. The zero-order valence-electron chi connectivity index (χ0n) is 13.1. The molecule has 0 spiro atoms. The normalized spacial score (nSPS) is 10.5. The zero-order valence-corrected chi connectivity index (χ0v) is 14.7. The maximum atomic E-state index is 5.87. The minimum absolute atomic E-state index is 0.637. The SMILES string of the molecule is CCn1nc(C)c(CNC(=S)NCc2ccc(Cl)cc2)c1C. The van der Waals surface area contributed by atoms with Crippen LogP contribution in [0.25, 0.3) is 0 Å². The second kappa shape index (κ2) is 7.61. The lowest BCUT2D eigenvalue weighted by molar-refractivity contribution is 0.633. The fraction of sp³-hybridized carbons (Fsp3) is 0.375. The van der Waals surface area contributed by atoms with Gasteiger partial charge in [0.15, 0.2) is 5.11 Å². The first kappa shape index (κ1) is 16.8. The van der Waals surface area contributed by atoms with E-state index in [1.165, 1.54) is 11.3 Å². The fourth-order valence-electron chi connectivity index (χ4n) is 2.31. The second-order valence-electron chi connectivity index (χ2n) is 5.13. The Bertz CT molecular complexity index is 649. The highest BCUT2D eigenvalue weighted by Gasteiger charge is 2.10. The van der Waals surface area contributed by atoms with Crippen molar-refractivity contribution in [1.29, 1.82) is 0 Å². The molecule has 1 aromatic heterocycles. The van der Waals surface area contributed by atoms with Gasteiger partial charge < -0.3 is 10.6 Å². The molecular formula is C16H21ClN4S. The van der Waals surface area contributed by atoms with E-state index in [1.54, 1.807) is 0 Å². The Labute approximate surface area is 141 Å². The van der Waals surface area contributed by atoms with Crippen molar-refractivity contribution in [3.8, 4) is 0 Å². The summed E-state index contributed by atoms with van der Waals surface area (Å²) in [6, 6.07) is 7.72. The number of halogens is 1. The third-order valence-corrected chi connectivity index (χ3v) is 4.16. The van der Waals surface area contributed by atoms with Gasteiger partial charge in [0.1, 0.15) is 0 Å². The van der Waals surface area contributed by atoms with Crippen molar-refractivity contribution in [2.75, 3.05) is 0 Å². The molecule has 2 aromatic rings. The Balaban J connectivity index is 1.85. The van der Waals surface area contributed by atoms with E-state index in [1.807, 2.05) is 35.9 Å². The predicted octanol–water partition coefficient (Wildman–Crippen LogP) is 3.34. The number of thiocarbonyl (C=S) groups is 1. The van der Waals surface area contributed by atoms with Gasteiger partial charge in [-0.2, -0.15) is 5.10 Å². The topological polar surface area (TPSA) is 41.9 Å². The summed E-state index contributed by atoms with van der Waals surface area (Å²) in [5, 5.41) is 12.3. The van der Waals surface area contributed by atoms with Gasteiger partial charge in [-0.1, -0.05) is 23.7 Å². The Hall–Kier alpha value is -1.59. The number of rotatable bonds is 5. The average molecular weight is 337 g/mol. The first-order valence-corrected chi connectivity index (χ1v) is 8.09. The van der Waals surface area contributed by atoms with E-state index >= 15 is 0 Å². The van der Waals surface area contributed by atoms with Crippen molar-refractivity contribution in [3.05, 3.63) is 51.8 Å². The van der Waals surface area contributed by atoms with Gasteiger partial charge in [-0.05, 0) is 50.7 Å². The highest BCUT2D eigenvalue weighted by molar-refractivity contribution is 7.80. The lowest BCUT2D eigenvalue weighted by Crippen LogP contribution is -2.34. The predicted molar refractivity (Wildman–Crippen MR) is 95.1 cm³/mol. The van der Waals surface area contributed by atoms with Gasteiger partial charge in [0, 0.05) is 35.9 Å². The summed E-state index contributed by atoms with van der Waals surface area (Å²) in [7, 11) is 0. The van der Waals surface area contributed by atoms with Crippen molar-refractivity contribution < 1.29 is 0 Å². The van der Waals surface area contributed by atoms with Gasteiger partial charge in [0.25, 0.3) is 0 Å². The minimum Gasteiger partial charge on any atom is -0.359 e. The molecule has 0 radical (unpaired) electrons. The molecule has 1 heterocycles. The molecule has 0 saturated heterocycles. The summed E-state index contributed by atoms with van der Waals surface area (Å²) in [5.74, 6) is 0. The molecule has 0 unspecified atom stereocenters. The number of hydrogen-bond donors (Lipinski definition) is 2. The molecule has 0 fully saturated rings. The molecule has 0 amide bonds. The van der Waals surface area contributed by atoms with E-state index in [0.717, 1.165) is 22.8 Å². The molecule has 6 heteroatoms. The van der Waals surface area contributed by atoms with Crippen molar-refractivity contribution in [1.82, 2.24) is 20.4 Å². The van der Waals surface area contributed by atoms with E-state index in [0.29, 0.717) is 18.2 Å². The van der Waals surface area contributed by atoms with Crippen LogP contribution in [0.1, 0.15) is 29.4 Å². The molecule has 0 saturated carbocycles. The molecule has 22 heavy (non-hydrogen) atoms. The monoisotopic (exact) mass is 336 g/mol. The van der Waals surface area contributed by atoms with Crippen LogP contribution in [-0.2, 0) is 19.6 Å². The fourth-order valence-corrected chi connectivity index (χ4v) is 2.58. The number of hydrogen-bond acceptors (Lipinski definition) is 2. The van der Waals surface area contributed by atoms with E-state index in [-0.39, 0.29) is 0 Å². The Morgan fingerprint density at radius 3 is 2.41 bits per heavy atom. The van der Waals surface area contributed by atoms with Gasteiger partial charge >= 0.3 is 0 Å². The summed E-state index contributed by atoms with van der Waals surface area (Å²) < 4.78 is 2.01. The molecule has 118 valence electrons. The van der Waals surface area contributed by atoms with Crippen LogP contribution in [0, 0.1) is 13.8 Å². The summed E-state index contributed by atoms with van der Waals surface area (Å²) in [6.45, 7) is 8.45. The van der Waals surface area contributed by atoms with Crippen LogP contribution in [0.3, 0.4) is 0 Å². The van der Waals surface area contributed by atoms with E-state index in [9.17, 15) is 0 Å². The smallest absolute Gasteiger partial charge is 0.166 e. The third-order valence-electron chi connectivity index (χ3n) is 3.62. The van der Waals surface area contributed by atoms with Crippen LogP contribution in [0.15, 0.2) is 24.3 Å². The third kappa shape index (κ3) is 4.21. The van der Waals surface area contributed by atoms with Crippen molar-refractivity contribution in [3.63, 3.8) is 0 Å². The molecule has 2 N–H and O–H groups in total. The number of nitrogens with zero attached hydrogens (tertiary/aromatic N) is 2. The number of benzene rings is 1. The van der Waals surface area contributed by atoms with Crippen LogP contribution in [0.4, 0.5) is 0 Å². The van der Waals surface area contributed by atoms with Crippen LogP contribution < -0.4 is 10.6 Å². The standard InChI is InChI=1S/C16H21ClN4S/c1-4-21-12(3)15(11(2)20-21)10-19-16(22)18-9-13-5-7-14(17)8-6-13/h5-8H,4,9-10H2,1-3H3,(H2,18,19,22). The number of aromatic nitrogens is 2. The highest BCUT2D eigenvalue weighted by atomic mass is 35.5. The molecule has 0 bridgehead atoms. The van der Waals surface area contributed by atoms with Crippen LogP contribution >= 0.6 is 23.8 Å². The van der Waals surface area contributed by atoms with Crippen LogP contribution in [0.5, 0.6) is 0 Å². The van der Waals surface area contributed by atoms with Gasteiger partial charge in [-0.25, -0.2) is 0 Å². The van der Waals surface area contributed by atoms with Gasteiger partial charge in [0.2, 0.25) is 0 Å². The van der Waals surface area contributed by atoms with E-state index in [4.69, 9.17) is 23.8 Å². The summed E-state index contributed by atoms with van der Waals surface area (Å²) in [5.41, 5.74) is 4.58. The molecule has 0 atom stereocenters. The van der Waals surface area contributed by atoms with Crippen LogP contribution in [-0.4, -0.2) is 14.9 Å². The summed E-state index contributed by atoms with van der Waals surface area (Å²) in [6.07, 6.45) is 0. The van der Waals surface area contributed by atoms with E-state index < -0.39 is 0 Å². The van der Waals surface area contributed by atoms with Crippen molar-refractivity contribution in [2.24, 2.45) is 0 Å². The first-order chi connectivity index (χ1) is 10.5. The molecule has 0 aliphatic heterocycles. The number of aryl methyl sites for hydroxylation is 2. The van der Waals surface area contributed by atoms with Crippen molar-refractivity contribution >= 4 is 28.9 Å². The zero-order chi connectivity index (χ0) is 16.1. The highest BCUT2D eigenvalue weighted by Crippen LogP contribution is 2.12. The second-order valence-corrected chi connectivity index (χ2v) is 5.97. The lowest BCUT2D eigenvalue weighted by Gasteiger charge is -2.11. The molecule has 1 aromatic carbocycles. The molecular weight excluding hydrogens is 316 g/mol. The Kier molecular flexibility index (Phi) is 5.80. The maximum Gasteiger partial charge on any atom is 0.166 e. The summed E-state index contributed by atoms with van der Waals surface area (Å²) in [4.78, 5) is 0. The number of nitrogens with one attached hydrogen (secondary N) is 2. The Morgan fingerprint density at radius 1 is 1.18 bits per heavy atom. The maximum absolute atomic E-state index is 5.87. The first-order valence-electron chi connectivity index (χ1n) is 7.30. The summed E-state index contributed by atoms with van der Waals surface area (Å²) >= 11 is 11.2. The Morgan fingerprint density at radius 2 is 1.82 bits per heavy atom. The molecule has 0 aliphatic rings. The van der Waals surface area contributed by atoms with Crippen molar-refractivity contribution in [2.45, 2.75) is 40.4 Å². The van der Waals surface area contributed by atoms with Gasteiger partial charge in [-0.15, -0.1) is 0 Å². The largest absolute Gasteiger partial charge is 0.359 e. The molecule has 2 rings (SSSR count). The van der Waals surface area contributed by atoms with Gasteiger partial charge in [0.05, 0.1) is 5.69 Å². The lowest BCUT2D eigenvalue weighted by atomic mass is 10.2. The quantitative estimate of drug-likeness (QED) is 0.822. The van der Waals surface area contributed by atoms with E-state index in [2.05, 4.69) is 29.6 Å².